The number of nitrogens with zero attached hydrogens (tertiary/aromatic N) is 1. The summed E-state index contributed by atoms with van der Waals surface area (Å²) in [5.41, 5.74) is 4.46. The maximum absolute atomic E-state index is 13.2. The van der Waals surface area contributed by atoms with Gasteiger partial charge in [-0.2, -0.15) is 0 Å². The van der Waals surface area contributed by atoms with E-state index in [1.54, 1.807) is 4.90 Å². The van der Waals surface area contributed by atoms with E-state index >= 15 is 0 Å². The van der Waals surface area contributed by atoms with E-state index in [9.17, 15) is 14.0 Å². The first-order valence-corrected chi connectivity index (χ1v) is 8.78. The van der Waals surface area contributed by atoms with Crippen molar-refractivity contribution in [3.8, 4) is 0 Å². The summed E-state index contributed by atoms with van der Waals surface area (Å²) in [6.45, 7) is 6.27. The van der Waals surface area contributed by atoms with Gasteiger partial charge in [-0.25, -0.2) is 4.39 Å². The van der Waals surface area contributed by atoms with Crippen molar-refractivity contribution < 1.29 is 14.0 Å². The number of halogens is 2. The number of nitrogens with one attached hydrogen (secondary N) is 1. The van der Waals surface area contributed by atoms with E-state index in [0.29, 0.717) is 12.2 Å². The van der Waals surface area contributed by atoms with Gasteiger partial charge in [0.15, 0.2) is 0 Å². The van der Waals surface area contributed by atoms with Gasteiger partial charge in [-0.05, 0) is 50.1 Å². The zero-order valence-electron chi connectivity index (χ0n) is 14.9. The Labute approximate surface area is 157 Å². The van der Waals surface area contributed by atoms with Crippen LogP contribution in [0.2, 0.25) is 5.02 Å². The molecule has 0 aliphatic carbocycles. The van der Waals surface area contributed by atoms with E-state index in [0.717, 1.165) is 22.4 Å². The molecule has 3 rings (SSSR count). The Morgan fingerprint density at radius 1 is 1.19 bits per heavy atom. The Balaban J connectivity index is 1.77. The normalized spacial score (nSPS) is 16.9. The molecule has 2 aromatic rings. The van der Waals surface area contributed by atoms with Crippen molar-refractivity contribution in [2.45, 2.75) is 27.2 Å². The fourth-order valence-corrected chi connectivity index (χ4v) is 3.70. The standard InChI is InChI=1S/C20H20ClFN2O2/c1-11-6-12(2)19(13(3)7-11)24-10-14(8-18(24)25)20(26)23-15-4-5-17(22)16(21)9-15/h4-7,9,14H,8,10H2,1-3H3,(H,23,26). The average Bonchev–Trinajstić information content (AvgIpc) is 2.92. The van der Waals surface area contributed by atoms with Crippen LogP contribution in [0.1, 0.15) is 23.1 Å². The van der Waals surface area contributed by atoms with Crippen LogP contribution in [0.4, 0.5) is 15.8 Å². The number of hydrogen-bond acceptors (Lipinski definition) is 2. The molecule has 136 valence electrons. The molecule has 1 aliphatic rings. The second kappa shape index (κ2) is 7.08. The van der Waals surface area contributed by atoms with Gasteiger partial charge in [-0.1, -0.05) is 29.3 Å². The van der Waals surface area contributed by atoms with Crippen molar-refractivity contribution in [3.05, 3.63) is 57.9 Å². The first-order chi connectivity index (χ1) is 12.3. The van der Waals surface area contributed by atoms with Gasteiger partial charge in [0.25, 0.3) is 0 Å². The Morgan fingerprint density at radius 2 is 1.85 bits per heavy atom. The number of carbonyl (C=O) groups is 2. The van der Waals surface area contributed by atoms with Crippen LogP contribution in [0.15, 0.2) is 30.3 Å². The van der Waals surface area contributed by atoms with Crippen LogP contribution in [0, 0.1) is 32.5 Å². The number of amides is 2. The molecule has 1 saturated heterocycles. The molecule has 1 heterocycles. The highest BCUT2D eigenvalue weighted by Gasteiger charge is 2.36. The summed E-state index contributed by atoms with van der Waals surface area (Å²) < 4.78 is 13.2. The summed E-state index contributed by atoms with van der Waals surface area (Å²) in [5, 5.41) is 2.66. The number of anilines is 2. The number of carbonyl (C=O) groups excluding carboxylic acids is 2. The van der Waals surface area contributed by atoms with Crippen LogP contribution in [0.3, 0.4) is 0 Å². The quantitative estimate of drug-likeness (QED) is 0.865. The molecule has 2 amide bonds. The predicted octanol–water partition coefficient (Wildman–Crippen LogP) is 4.40. The van der Waals surface area contributed by atoms with Gasteiger partial charge in [-0.15, -0.1) is 0 Å². The van der Waals surface area contributed by atoms with Crippen molar-refractivity contribution in [2.75, 3.05) is 16.8 Å². The van der Waals surface area contributed by atoms with Crippen molar-refractivity contribution in [2.24, 2.45) is 5.92 Å². The van der Waals surface area contributed by atoms with Crippen LogP contribution < -0.4 is 10.2 Å². The maximum atomic E-state index is 13.2. The lowest BCUT2D eigenvalue weighted by Crippen LogP contribution is -2.29. The molecule has 0 radical (unpaired) electrons. The van der Waals surface area contributed by atoms with Crippen LogP contribution in [0.5, 0.6) is 0 Å². The molecule has 0 aromatic heterocycles. The van der Waals surface area contributed by atoms with Crippen LogP contribution in [-0.4, -0.2) is 18.4 Å². The van der Waals surface area contributed by atoms with Gasteiger partial charge < -0.3 is 10.2 Å². The minimum atomic E-state index is -0.544. The van der Waals surface area contributed by atoms with E-state index in [2.05, 4.69) is 5.32 Å². The third-order valence-corrected chi connectivity index (χ3v) is 4.88. The van der Waals surface area contributed by atoms with Crippen molar-refractivity contribution in [1.82, 2.24) is 0 Å². The fraction of sp³-hybridized carbons (Fsp3) is 0.300. The first-order valence-electron chi connectivity index (χ1n) is 8.40. The summed E-state index contributed by atoms with van der Waals surface area (Å²) in [6.07, 6.45) is 0.146. The largest absolute Gasteiger partial charge is 0.326 e. The lowest BCUT2D eigenvalue weighted by molar-refractivity contribution is -0.122. The van der Waals surface area contributed by atoms with Gasteiger partial charge in [0.2, 0.25) is 11.8 Å². The third-order valence-electron chi connectivity index (χ3n) is 4.59. The molecular formula is C20H20ClFN2O2. The second-order valence-electron chi connectivity index (χ2n) is 6.77. The Bertz CT molecular complexity index is 874. The van der Waals surface area contributed by atoms with Gasteiger partial charge in [0.05, 0.1) is 10.9 Å². The molecule has 0 spiro atoms. The summed E-state index contributed by atoms with van der Waals surface area (Å²) in [7, 11) is 0. The van der Waals surface area contributed by atoms with Crippen molar-refractivity contribution >= 4 is 34.8 Å². The second-order valence-corrected chi connectivity index (χ2v) is 7.18. The predicted molar refractivity (Wildman–Crippen MR) is 101 cm³/mol. The molecule has 4 nitrogen and oxygen atoms in total. The molecule has 1 unspecified atom stereocenters. The van der Waals surface area contributed by atoms with Crippen molar-refractivity contribution in [3.63, 3.8) is 0 Å². The summed E-state index contributed by atoms with van der Waals surface area (Å²) >= 11 is 5.74. The summed E-state index contributed by atoms with van der Waals surface area (Å²) in [6, 6.07) is 8.07. The van der Waals surface area contributed by atoms with Gasteiger partial charge in [0.1, 0.15) is 5.82 Å². The molecule has 6 heteroatoms. The van der Waals surface area contributed by atoms with Gasteiger partial charge in [0, 0.05) is 24.3 Å². The Hall–Kier alpha value is -2.40. The van der Waals surface area contributed by atoms with E-state index in [-0.39, 0.29) is 23.3 Å². The van der Waals surface area contributed by atoms with E-state index in [4.69, 9.17) is 11.6 Å². The first kappa shape index (κ1) is 18.4. The zero-order valence-corrected chi connectivity index (χ0v) is 15.7. The Morgan fingerprint density at radius 3 is 2.46 bits per heavy atom. The number of benzene rings is 2. The number of hydrogen-bond donors (Lipinski definition) is 1. The smallest absolute Gasteiger partial charge is 0.229 e. The molecule has 1 aliphatic heterocycles. The fourth-order valence-electron chi connectivity index (χ4n) is 3.52. The number of rotatable bonds is 3. The van der Waals surface area contributed by atoms with Gasteiger partial charge in [-0.3, -0.25) is 9.59 Å². The van der Waals surface area contributed by atoms with Crippen LogP contribution in [-0.2, 0) is 9.59 Å². The molecule has 26 heavy (non-hydrogen) atoms. The van der Waals surface area contributed by atoms with Crippen molar-refractivity contribution in [1.29, 1.82) is 0 Å². The average molecular weight is 375 g/mol. The third kappa shape index (κ3) is 3.58. The molecule has 0 bridgehead atoms. The number of aryl methyl sites for hydroxylation is 3. The highest BCUT2D eigenvalue weighted by Crippen LogP contribution is 2.32. The van der Waals surface area contributed by atoms with E-state index < -0.39 is 11.7 Å². The SMILES string of the molecule is Cc1cc(C)c(N2CC(C(=O)Nc3ccc(F)c(Cl)c3)CC2=O)c(C)c1. The highest BCUT2D eigenvalue weighted by molar-refractivity contribution is 6.31. The molecule has 1 N–H and O–H groups in total. The Kier molecular flexibility index (Phi) is 5.01. The molecule has 1 atom stereocenters. The maximum Gasteiger partial charge on any atom is 0.229 e. The summed E-state index contributed by atoms with van der Waals surface area (Å²) in [4.78, 5) is 26.7. The van der Waals surface area contributed by atoms with E-state index in [1.807, 2.05) is 32.9 Å². The lowest BCUT2D eigenvalue weighted by Gasteiger charge is -2.22. The zero-order chi connectivity index (χ0) is 19.0. The molecule has 2 aromatic carbocycles. The minimum Gasteiger partial charge on any atom is -0.326 e. The molecular weight excluding hydrogens is 355 g/mol. The highest BCUT2D eigenvalue weighted by atomic mass is 35.5. The summed E-state index contributed by atoms with van der Waals surface area (Å²) in [5.74, 6) is -1.35. The minimum absolute atomic E-state index is 0.0576. The topological polar surface area (TPSA) is 49.4 Å². The van der Waals surface area contributed by atoms with Crippen LogP contribution >= 0.6 is 11.6 Å². The van der Waals surface area contributed by atoms with E-state index in [1.165, 1.54) is 18.2 Å². The van der Waals surface area contributed by atoms with Crippen LogP contribution in [0.25, 0.3) is 0 Å². The van der Waals surface area contributed by atoms with Gasteiger partial charge >= 0.3 is 0 Å². The molecule has 0 saturated carbocycles. The lowest BCUT2D eigenvalue weighted by atomic mass is 10.0. The molecule has 1 fully saturated rings. The monoisotopic (exact) mass is 374 g/mol.